The van der Waals surface area contributed by atoms with Crippen molar-refractivity contribution in [2.75, 3.05) is 6.61 Å². The van der Waals surface area contributed by atoms with E-state index in [2.05, 4.69) is 10.2 Å². The Hall–Kier alpha value is -1.95. The first-order valence-corrected chi connectivity index (χ1v) is 7.06. The maximum Gasteiger partial charge on any atom is 0.416 e. The Labute approximate surface area is 126 Å². The predicted octanol–water partition coefficient (Wildman–Crippen LogP) is 3.93. The fourth-order valence-electron chi connectivity index (χ4n) is 2.79. The number of fused-ring (bicyclic) bond motifs is 3. The molecular formula is C16H15F3N2O. The van der Waals surface area contributed by atoms with Crippen molar-refractivity contribution in [1.82, 2.24) is 10.2 Å². The van der Waals surface area contributed by atoms with Gasteiger partial charge in [0.05, 0.1) is 17.9 Å². The smallest absolute Gasteiger partial charge is 0.377 e. The van der Waals surface area contributed by atoms with E-state index in [1.165, 1.54) is 0 Å². The van der Waals surface area contributed by atoms with Gasteiger partial charge in [0, 0.05) is 18.4 Å². The van der Waals surface area contributed by atoms with Crippen molar-refractivity contribution in [2.45, 2.75) is 32.5 Å². The van der Waals surface area contributed by atoms with Gasteiger partial charge in [-0.2, -0.15) is 23.4 Å². The Balaban J connectivity index is 2.23. The van der Waals surface area contributed by atoms with Gasteiger partial charge < -0.3 is 4.74 Å². The van der Waals surface area contributed by atoms with Gasteiger partial charge in [0.25, 0.3) is 0 Å². The van der Waals surface area contributed by atoms with Crippen LogP contribution in [0.2, 0.25) is 0 Å². The van der Waals surface area contributed by atoms with Crippen molar-refractivity contribution in [3.63, 3.8) is 0 Å². The number of aryl methyl sites for hydroxylation is 2. The second kappa shape index (κ2) is 5.68. The lowest BCUT2D eigenvalue weighted by Gasteiger charge is -2.16. The summed E-state index contributed by atoms with van der Waals surface area (Å²) in [5, 5.41) is 8.07. The molecule has 0 aliphatic carbocycles. The monoisotopic (exact) mass is 308 g/mol. The minimum atomic E-state index is -4.37. The molecule has 0 spiro atoms. The lowest BCUT2D eigenvalue weighted by atomic mass is 9.93. The minimum absolute atomic E-state index is 0.149. The highest BCUT2D eigenvalue weighted by atomic mass is 19.4. The highest BCUT2D eigenvalue weighted by Crippen LogP contribution is 2.37. The fraction of sp³-hybridized carbons (Fsp3) is 0.375. The molecule has 116 valence electrons. The molecule has 0 amide bonds. The molecule has 0 radical (unpaired) electrons. The Morgan fingerprint density at radius 3 is 2.77 bits per heavy atom. The summed E-state index contributed by atoms with van der Waals surface area (Å²) in [5.41, 5.74) is 2.75. The molecule has 0 atom stereocenters. The number of hydrogen-bond acceptors (Lipinski definition) is 3. The van der Waals surface area contributed by atoms with E-state index < -0.39 is 11.7 Å². The Morgan fingerprint density at radius 2 is 2.00 bits per heavy atom. The topological polar surface area (TPSA) is 35.0 Å². The number of alkyl halides is 3. The highest BCUT2D eigenvalue weighted by Gasteiger charge is 2.32. The average Bonchev–Trinajstić information content (AvgIpc) is 2.54. The second-order valence-corrected chi connectivity index (χ2v) is 5.39. The van der Waals surface area contributed by atoms with Crippen molar-refractivity contribution in [3.8, 4) is 11.3 Å². The molecule has 0 bridgehead atoms. The van der Waals surface area contributed by atoms with E-state index in [0.29, 0.717) is 29.0 Å². The average molecular weight is 308 g/mol. The molecule has 1 aliphatic rings. The number of nitrogens with zero attached hydrogens (tertiary/aromatic N) is 2. The van der Waals surface area contributed by atoms with Gasteiger partial charge in [-0.1, -0.05) is 0 Å². The molecule has 2 heterocycles. The number of benzene rings is 1. The molecule has 0 fully saturated rings. The molecule has 22 heavy (non-hydrogen) atoms. The summed E-state index contributed by atoms with van der Waals surface area (Å²) < 4.78 is 44.6. The molecule has 0 N–H and O–H groups in total. The van der Waals surface area contributed by atoms with Gasteiger partial charge in [0.15, 0.2) is 0 Å². The number of ether oxygens (including phenoxy) is 1. The van der Waals surface area contributed by atoms with E-state index in [9.17, 15) is 13.2 Å². The van der Waals surface area contributed by atoms with Gasteiger partial charge in [-0.3, -0.25) is 0 Å². The van der Waals surface area contributed by atoms with Crippen molar-refractivity contribution < 1.29 is 17.9 Å². The third-order valence-electron chi connectivity index (χ3n) is 3.78. The summed E-state index contributed by atoms with van der Waals surface area (Å²) in [4.78, 5) is 0. The predicted molar refractivity (Wildman–Crippen MR) is 75.2 cm³/mol. The third-order valence-corrected chi connectivity index (χ3v) is 3.78. The van der Waals surface area contributed by atoms with Crippen LogP contribution in [0.1, 0.15) is 28.7 Å². The van der Waals surface area contributed by atoms with Crippen LogP contribution in [0.25, 0.3) is 11.3 Å². The first kappa shape index (κ1) is 15.0. The fourth-order valence-corrected chi connectivity index (χ4v) is 2.79. The molecule has 0 unspecified atom stereocenters. The van der Waals surface area contributed by atoms with E-state index in [-0.39, 0.29) is 6.61 Å². The number of hydrogen-bond donors (Lipinski definition) is 0. The zero-order valence-corrected chi connectivity index (χ0v) is 12.1. The molecule has 0 saturated carbocycles. The van der Waals surface area contributed by atoms with E-state index in [4.69, 9.17) is 4.74 Å². The summed E-state index contributed by atoms with van der Waals surface area (Å²) in [6, 6.07) is 4.19. The third kappa shape index (κ3) is 2.83. The van der Waals surface area contributed by atoms with Crippen molar-refractivity contribution in [2.24, 2.45) is 0 Å². The normalized spacial score (nSPS) is 15.3. The highest BCUT2D eigenvalue weighted by molar-refractivity contribution is 5.71. The van der Waals surface area contributed by atoms with Crippen LogP contribution >= 0.6 is 0 Å². The number of halogens is 3. The van der Waals surface area contributed by atoms with Crippen molar-refractivity contribution >= 4 is 0 Å². The quantitative estimate of drug-likeness (QED) is 0.739. The van der Waals surface area contributed by atoms with Crippen molar-refractivity contribution in [1.29, 1.82) is 0 Å². The minimum Gasteiger partial charge on any atom is -0.377 e. The lowest BCUT2D eigenvalue weighted by Crippen LogP contribution is -2.09. The van der Waals surface area contributed by atoms with Crippen molar-refractivity contribution in [3.05, 3.63) is 46.6 Å². The first-order chi connectivity index (χ1) is 10.5. The van der Waals surface area contributed by atoms with Gasteiger partial charge in [0.2, 0.25) is 0 Å². The van der Waals surface area contributed by atoms with Crippen LogP contribution in [0.5, 0.6) is 0 Å². The molecule has 3 nitrogen and oxygen atoms in total. The first-order valence-electron chi connectivity index (χ1n) is 7.06. The maximum atomic E-state index is 13.0. The largest absolute Gasteiger partial charge is 0.416 e. The number of rotatable bonds is 0. The van der Waals surface area contributed by atoms with E-state index in [0.717, 1.165) is 30.5 Å². The zero-order chi connectivity index (χ0) is 15.7. The van der Waals surface area contributed by atoms with Crippen LogP contribution in [0.3, 0.4) is 0 Å². The molecule has 0 saturated heterocycles. The van der Waals surface area contributed by atoms with Gasteiger partial charge in [-0.15, -0.1) is 0 Å². The van der Waals surface area contributed by atoms with Crippen LogP contribution in [-0.4, -0.2) is 16.8 Å². The summed E-state index contributed by atoms with van der Waals surface area (Å²) >= 11 is 0. The van der Waals surface area contributed by atoms with Crippen LogP contribution in [0.15, 0.2) is 24.4 Å². The van der Waals surface area contributed by atoms with Gasteiger partial charge in [-0.05, 0) is 54.7 Å². The Morgan fingerprint density at radius 1 is 1.18 bits per heavy atom. The van der Waals surface area contributed by atoms with E-state index in [1.807, 2.05) is 6.07 Å². The SMILES string of the molecule is Cc1cc(C(F)(F)F)cc2c1-c1nnccc1CCCOC2. The summed E-state index contributed by atoms with van der Waals surface area (Å²) in [7, 11) is 0. The van der Waals surface area contributed by atoms with Crippen LogP contribution < -0.4 is 0 Å². The van der Waals surface area contributed by atoms with E-state index >= 15 is 0 Å². The molecule has 1 aliphatic heterocycles. The van der Waals surface area contributed by atoms with Crippen LogP contribution in [0, 0.1) is 6.92 Å². The van der Waals surface area contributed by atoms with E-state index in [1.54, 1.807) is 13.1 Å². The Bertz CT molecular complexity index is 698. The van der Waals surface area contributed by atoms with Crippen LogP contribution in [0.4, 0.5) is 13.2 Å². The summed E-state index contributed by atoms with van der Waals surface area (Å²) in [6.07, 6.45) is -1.19. The van der Waals surface area contributed by atoms with Crippen LogP contribution in [-0.2, 0) is 23.9 Å². The summed E-state index contributed by atoms with van der Waals surface area (Å²) in [5.74, 6) is 0. The van der Waals surface area contributed by atoms with Gasteiger partial charge in [-0.25, -0.2) is 0 Å². The molecule has 6 heteroatoms. The maximum absolute atomic E-state index is 13.0. The summed E-state index contributed by atoms with van der Waals surface area (Å²) in [6.45, 7) is 2.33. The lowest BCUT2D eigenvalue weighted by molar-refractivity contribution is -0.137. The van der Waals surface area contributed by atoms with Gasteiger partial charge >= 0.3 is 6.18 Å². The molecule has 1 aromatic heterocycles. The molecule has 2 aromatic rings. The molecular weight excluding hydrogens is 293 g/mol. The second-order valence-electron chi connectivity index (χ2n) is 5.39. The Kier molecular flexibility index (Phi) is 3.87. The zero-order valence-electron chi connectivity index (χ0n) is 12.1. The number of aromatic nitrogens is 2. The standard InChI is InChI=1S/C16H15F3N2O/c1-10-7-13(16(17,18)19)8-12-9-22-6-2-3-11-4-5-20-21-15(11)14(10)12/h4-5,7-8H,2-3,6,9H2,1H3. The molecule has 3 rings (SSSR count). The van der Waals surface area contributed by atoms with Gasteiger partial charge in [0.1, 0.15) is 0 Å². The molecule has 1 aromatic carbocycles.